The first-order valence-corrected chi connectivity index (χ1v) is 6.88. The van der Waals surface area contributed by atoms with Crippen molar-refractivity contribution in [2.75, 3.05) is 13.7 Å². The van der Waals surface area contributed by atoms with Crippen molar-refractivity contribution >= 4 is 11.3 Å². The van der Waals surface area contributed by atoms with Gasteiger partial charge in [0.2, 0.25) is 0 Å². The lowest BCUT2D eigenvalue weighted by atomic mass is 10.3. The van der Waals surface area contributed by atoms with E-state index in [4.69, 9.17) is 5.11 Å². The van der Waals surface area contributed by atoms with Gasteiger partial charge in [-0.3, -0.25) is 9.58 Å². The van der Waals surface area contributed by atoms with Gasteiger partial charge in [-0.1, -0.05) is 11.8 Å². The zero-order valence-electron chi connectivity index (χ0n) is 11.1. The third kappa shape index (κ3) is 4.21. The summed E-state index contributed by atoms with van der Waals surface area (Å²) in [4.78, 5) is 3.51. The first-order chi connectivity index (χ1) is 9.17. The summed E-state index contributed by atoms with van der Waals surface area (Å²) in [5, 5.41) is 14.8. The molecule has 0 aliphatic carbocycles. The predicted molar refractivity (Wildman–Crippen MR) is 76.7 cm³/mol. The molecule has 5 heteroatoms. The Morgan fingerprint density at radius 1 is 1.47 bits per heavy atom. The van der Waals surface area contributed by atoms with Gasteiger partial charge in [-0.2, -0.15) is 5.10 Å². The molecule has 0 saturated heterocycles. The van der Waals surface area contributed by atoms with E-state index < -0.39 is 0 Å². The summed E-state index contributed by atoms with van der Waals surface area (Å²) in [5.41, 5.74) is 2.19. The van der Waals surface area contributed by atoms with Crippen LogP contribution in [-0.2, 0) is 20.1 Å². The van der Waals surface area contributed by atoms with E-state index >= 15 is 0 Å². The van der Waals surface area contributed by atoms with Gasteiger partial charge in [0.05, 0.1) is 6.20 Å². The van der Waals surface area contributed by atoms with Gasteiger partial charge in [-0.25, -0.2) is 0 Å². The Labute approximate surface area is 117 Å². The summed E-state index contributed by atoms with van der Waals surface area (Å²) >= 11 is 1.70. The summed E-state index contributed by atoms with van der Waals surface area (Å²) in [6.45, 7) is 1.68. The smallest absolute Gasteiger partial charge is 0.104 e. The highest BCUT2D eigenvalue weighted by Gasteiger charge is 2.05. The Morgan fingerprint density at radius 3 is 3.00 bits per heavy atom. The predicted octanol–water partition coefficient (Wildman–Crippen LogP) is 1.46. The molecule has 0 atom stereocenters. The Balaban J connectivity index is 1.91. The molecule has 2 rings (SSSR count). The number of thiophene rings is 1. The van der Waals surface area contributed by atoms with Gasteiger partial charge in [0.15, 0.2) is 0 Å². The van der Waals surface area contributed by atoms with Gasteiger partial charge < -0.3 is 5.11 Å². The molecule has 0 spiro atoms. The average molecular weight is 275 g/mol. The van der Waals surface area contributed by atoms with Crippen LogP contribution in [0.3, 0.4) is 0 Å². The fraction of sp³-hybridized carbons (Fsp3) is 0.357. The van der Waals surface area contributed by atoms with E-state index in [0.29, 0.717) is 0 Å². The Bertz CT molecular complexity index is 591. The SMILES string of the molecule is CN(Cc1cnn(C)c1)Cc1cc(C#CCO)cs1. The number of hydrogen-bond donors (Lipinski definition) is 1. The first kappa shape index (κ1) is 13.8. The third-order valence-corrected chi connectivity index (χ3v) is 3.52. The highest BCUT2D eigenvalue weighted by molar-refractivity contribution is 7.10. The molecular weight excluding hydrogens is 258 g/mol. The topological polar surface area (TPSA) is 41.3 Å². The van der Waals surface area contributed by atoms with E-state index in [9.17, 15) is 0 Å². The van der Waals surface area contributed by atoms with E-state index in [1.807, 2.05) is 29.5 Å². The number of aliphatic hydroxyl groups is 1. The molecule has 0 unspecified atom stereocenters. The standard InChI is InChI=1S/C14H17N3OS/c1-16(8-13-7-15-17(2)9-13)10-14-6-12(11-19-14)4-3-5-18/h6-7,9,11,18H,5,8,10H2,1-2H3. The van der Waals surface area contributed by atoms with Crippen LogP contribution in [0.4, 0.5) is 0 Å². The summed E-state index contributed by atoms with van der Waals surface area (Å²) < 4.78 is 1.82. The molecule has 100 valence electrons. The van der Waals surface area contributed by atoms with E-state index in [0.717, 1.165) is 18.7 Å². The van der Waals surface area contributed by atoms with E-state index in [1.165, 1.54) is 10.4 Å². The molecule has 0 aliphatic heterocycles. The van der Waals surface area contributed by atoms with Crippen molar-refractivity contribution in [1.29, 1.82) is 0 Å². The van der Waals surface area contributed by atoms with E-state index in [1.54, 1.807) is 11.3 Å². The van der Waals surface area contributed by atoms with Crippen LogP contribution in [0.2, 0.25) is 0 Å². The molecule has 4 nitrogen and oxygen atoms in total. The number of nitrogens with zero attached hydrogens (tertiary/aromatic N) is 3. The van der Waals surface area contributed by atoms with E-state index in [-0.39, 0.29) is 6.61 Å². The molecular formula is C14H17N3OS. The second-order valence-corrected chi connectivity index (χ2v) is 5.45. The van der Waals surface area contributed by atoms with Crippen molar-refractivity contribution in [3.05, 3.63) is 39.8 Å². The number of hydrogen-bond acceptors (Lipinski definition) is 4. The van der Waals surface area contributed by atoms with Crippen molar-refractivity contribution in [2.45, 2.75) is 13.1 Å². The maximum atomic E-state index is 8.66. The minimum Gasteiger partial charge on any atom is -0.384 e. The fourth-order valence-electron chi connectivity index (χ4n) is 1.86. The van der Waals surface area contributed by atoms with Crippen LogP contribution in [0.15, 0.2) is 23.8 Å². The lowest BCUT2D eigenvalue weighted by Crippen LogP contribution is -2.16. The molecule has 2 heterocycles. The Hall–Kier alpha value is -1.61. The normalized spacial score (nSPS) is 10.5. The van der Waals surface area contributed by atoms with Crippen LogP contribution in [0, 0.1) is 11.8 Å². The van der Waals surface area contributed by atoms with Crippen molar-refractivity contribution < 1.29 is 5.11 Å². The Kier molecular flexibility index (Phi) is 4.74. The molecule has 0 aromatic carbocycles. The maximum absolute atomic E-state index is 8.66. The minimum absolute atomic E-state index is 0.0912. The third-order valence-electron chi connectivity index (χ3n) is 2.60. The highest BCUT2D eigenvalue weighted by atomic mass is 32.1. The molecule has 2 aromatic rings. The van der Waals surface area contributed by atoms with Crippen LogP contribution in [-0.4, -0.2) is 33.4 Å². The monoisotopic (exact) mass is 275 g/mol. The molecule has 0 aliphatic rings. The van der Waals surface area contributed by atoms with Gasteiger partial charge in [-0.05, 0) is 13.1 Å². The average Bonchev–Trinajstić information content (AvgIpc) is 2.96. The van der Waals surface area contributed by atoms with Gasteiger partial charge in [0, 0.05) is 47.7 Å². The second kappa shape index (κ2) is 6.53. The van der Waals surface area contributed by atoms with Crippen molar-refractivity contribution in [1.82, 2.24) is 14.7 Å². The first-order valence-electron chi connectivity index (χ1n) is 6.00. The van der Waals surface area contributed by atoms with Crippen LogP contribution in [0.1, 0.15) is 16.0 Å². The summed E-state index contributed by atoms with van der Waals surface area (Å²) in [6.07, 6.45) is 3.92. The molecule has 1 N–H and O–H groups in total. The van der Waals surface area contributed by atoms with Crippen molar-refractivity contribution in [3.63, 3.8) is 0 Å². The van der Waals surface area contributed by atoms with Crippen LogP contribution in [0.5, 0.6) is 0 Å². The maximum Gasteiger partial charge on any atom is 0.104 e. The number of aliphatic hydroxyl groups excluding tert-OH is 1. The largest absolute Gasteiger partial charge is 0.384 e. The molecule has 0 amide bonds. The van der Waals surface area contributed by atoms with E-state index in [2.05, 4.69) is 35.0 Å². The highest BCUT2D eigenvalue weighted by Crippen LogP contribution is 2.16. The van der Waals surface area contributed by atoms with Gasteiger partial charge in [0.1, 0.15) is 6.61 Å². The molecule has 0 fully saturated rings. The second-order valence-electron chi connectivity index (χ2n) is 4.46. The molecule has 0 bridgehead atoms. The number of aryl methyl sites for hydroxylation is 1. The fourth-order valence-corrected chi connectivity index (χ4v) is 2.75. The Morgan fingerprint density at radius 2 is 2.32 bits per heavy atom. The van der Waals surface area contributed by atoms with Crippen molar-refractivity contribution in [3.8, 4) is 11.8 Å². The molecule has 0 saturated carbocycles. The summed E-state index contributed by atoms with van der Waals surface area (Å²) in [6, 6.07) is 2.08. The van der Waals surface area contributed by atoms with Crippen molar-refractivity contribution in [2.24, 2.45) is 7.05 Å². The van der Waals surface area contributed by atoms with Crippen LogP contribution in [0.25, 0.3) is 0 Å². The number of aromatic nitrogens is 2. The lowest BCUT2D eigenvalue weighted by Gasteiger charge is -2.13. The van der Waals surface area contributed by atoms with Gasteiger partial charge >= 0.3 is 0 Å². The zero-order valence-corrected chi connectivity index (χ0v) is 11.9. The van der Waals surface area contributed by atoms with Gasteiger partial charge in [0.25, 0.3) is 0 Å². The zero-order chi connectivity index (χ0) is 13.7. The summed E-state index contributed by atoms with van der Waals surface area (Å²) in [5.74, 6) is 5.58. The minimum atomic E-state index is -0.0912. The molecule has 19 heavy (non-hydrogen) atoms. The quantitative estimate of drug-likeness (QED) is 0.859. The van der Waals surface area contributed by atoms with Gasteiger partial charge in [-0.15, -0.1) is 11.3 Å². The molecule has 2 aromatic heterocycles. The lowest BCUT2D eigenvalue weighted by molar-refractivity contribution is 0.322. The number of rotatable bonds is 4. The summed E-state index contributed by atoms with van der Waals surface area (Å²) in [7, 11) is 4.01. The molecule has 0 radical (unpaired) electrons. The van der Waals surface area contributed by atoms with Crippen LogP contribution >= 0.6 is 11.3 Å². The van der Waals surface area contributed by atoms with Crippen LogP contribution < -0.4 is 0 Å².